The molecule has 0 spiro atoms. The summed E-state index contributed by atoms with van der Waals surface area (Å²) in [5.74, 6) is 0.712. The molecule has 0 saturated heterocycles. The summed E-state index contributed by atoms with van der Waals surface area (Å²) in [6, 6.07) is 6.63. The Morgan fingerprint density at radius 1 is 1.38 bits per heavy atom. The molecule has 0 bridgehead atoms. The molecule has 0 heterocycles. The second-order valence-electron chi connectivity index (χ2n) is 4.12. The van der Waals surface area contributed by atoms with Crippen LogP contribution in [0.1, 0.15) is 12.0 Å². The molecule has 0 radical (unpaired) electrons. The van der Waals surface area contributed by atoms with Crippen LogP contribution >= 0.6 is 0 Å². The molecule has 0 aliphatic rings. The first-order chi connectivity index (χ1) is 10.2. The van der Waals surface area contributed by atoms with Crippen LogP contribution in [0.15, 0.2) is 24.3 Å². The third-order valence-electron chi connectivity index (χ3n) is 2.61. The minimum Gasteiger partial charge on any atom is -0.497 e. The fraction of sp³-hybridized carbons (Fsp3) is 0.385. The van der Waals surface area contributed by atoms with Gasteiger partial charge in [0.2, 0.25) is 6.41 Å². The lowest BCUT2D eigenvalue weighted by atomic mass is 10.2. The second kappa shape index (κ2) is 9.56. The third kappa shape index (κ3) is 6.11. The molecule has 8 nitrogen and oxygen atoms in total. The van der Waals surface area contributed by atoms with E-state index in [1.165, 1.54) is 0 Å². The molecule has 0 fully saturated rings. The molecule has 1 rings (SSSR count). The Balaban J connectivity index is 2.54. The van der Waals surface area contributed by atoms with Gasteiger partial charge in [-0.05, 0) is 24.1 Å². The van der Waals surface area contributed by atoms with Crippen molar-refractivity contribution in [2.24, 2.45) is 0 Å². The lowest BCUT2D eigenvalue weighted by Gasteiger charge is -2.21. The molecule has 0 aromatic heterocycles. The molecule has 8 heteroatoms. The van der Waals surface area contributed by atoms with Crippen LogP contribution in [0.25, 0.3) is 0 Å². The number of carbonyl (C=O) groups excluding carboxylic acids is 2. The van der Waals surface area contributed by atoms with Crippen LogP contribution in [-0.4, -0.2) is 42.8 Å². The number of ether oxygens (including phenoxy) is 1. The van der Waals surface area contributed by atoms with E-state index in [2.05, 4.69) is 16.3 Å². The maximum atomic E-state index is 11.9. The van der Waals surface area contributed by atoms with Crippen molar-refractivity contribution in [3.8, 4) is 5.75 Å². The van der Waals surface area contributed by atoms with Crippen molar-refractivity contribution in [3.05, 3.63) is 29.8 Å². The van der Waals surface area contributed by atoms with Crippen molar-refractivity contribution in [2.75, 3.05) is 20.3 Å². The summed E-state index contributed by atoms with van der Waals surface area (Å²) >= 11 is 0. The van der Waals surface area contributed by atoms with Gasteiger partial charge >= 0.3 is 6.03 Å². The molecule has 0 atom stereocenters. The van der Waals surface area contributed by atoms with Gasteiger partial charge < -0.3 is 9.84 Å². The normalized spacial score (nSPS) is 9.81. The molecular formula is C13H20N4O4. The number of hydrogen-bond acceptors (Lipinski definition) is 5. The number of hydrogen-bond donors (Lipinski definition) is 4. The van der Waals surface area contributed by atoms with E-state index in [0.717, 1.165) is 10.6 Å². The predicted octanol–water partition coefficient (Wildman–Crippen LogP) is -0.245. The Morgan fingerprint density at radius 3 is 2.67 bits per heavy atom. The minimum atomic E-state index is -0.504. The number of hydrazine groups is 2. The van der Waals surface area contributed by atoms with E-state index in [-0.39, 0.29) is 13.2 Å². The highest BCUT2D eigenvalue weighted by atomic mass is 16.5. The molecule has 21 heavy (non-hydrogen) atoms. The number of methoxy groups -OCH3 is 1. The monoisotopic (exact) mass is 296 g/mol. The molecule has 0 unspecified atom stereocenters. The van der Waals surface area contributed by atoms with E-state index in [0.29, 0.717) is 25.1 Å². The average molecular weight is 296 g/mol. The zero-order chi connectivity index (χ0) is 15.5. The first-order valence-corrected chi connectivity index (χ1v) is 6.45. The first kappa shape index (κ1) is 16.7. The average Bonchev–Trinajstić information content (AvgIpc) is 2.51. The fourth-order valence-corrected chi connectivity index (χ4v) is 1.53. The number of nitrogens with one attached hydrogen (secondary N) is 3. The highest BCUT2D eigenvalue weighted by Crippen LogP contribution is 2.12. The lowest BCUT2D eigenvalue weighted by Crippen LogP contribution is -2.51. The number of rotatable bonds is 9. The summed E-state index contributed by atoms with van der Waals surface area (Å²) in [7, 11) is 1.57. The van der Waals surface area contributed by atoms with Crippen LogP contribution in [-0.2, 0) is 11.3 Å². The van der Waals surface area contributed by atoms with Gasteiger partial charge in [-0.1, -0.05) is 12.1 Å². The van der Waals surface area contributed by atoms with Gasteiger partial charge in [0.05, 0.1) is 13.7 Å². The highest BCUT2D eigenvalue weighted by molar-refractivity contribution is 5.74. The number of amides is 3. The van der Waals surface area contributed by atoms with Gasteiger partial charge in [-0.2, -0.15) is 0 Å². The van der Waals surface area contributed by atoms with Gasteiger partial charge in [0.25, 0.3) is 0 Å². The van der Waals surface area contributed by atoms with E-state index < -0.39 is 6.03 Å². The van der Waals surface area contributed by atoms with Gasteiger partial charge in [-0.15, -0.1) is 0 Å². The summed E-state index contributed by atoms with van der Waals surface area (Å²) in [6.45, 7) is 0.668. The quantitative estimate of drug-likeness (QED) is 0.286. The van der Waals surface area contributed by atoms with E-state index >= 15 is 0 Å². The van der Waals surface area contributed by atoms with E-state index in [1.807, 2.05) is 0 Å². The number of carbonyl (C=O) groups is 2. The van der Waals surface area contributed by atoms with Crippen LogP contribution < -0.4 is 21.0 Å². The first-order valence-electron chi connectivity index (χ1n) is 6.45. The lowest BCUT2D eigenvalue weighted by molar-refractivity contribution is -0.112. The molecule has 1 aromatic carbocycles. The standard InChI is InChI=1S/C13H20N4O4/c1-21-12-5-3-11(4-6-12)9-17(15-10-19)13(20)16-14-7-2-8-18/h3-6,10,14,18H,2,7-9H2,1H3,(H,15,19)(H,16,20). The van der Waals surface area contributed by atoms with Crippen molar-refractivity contribution in [1.82, 2.24) is 21.3 Å². The Hall–Kier alpha value is -2.32. The summed E-state index contributed by atoms with van der Waals surface area (Å²) in [5, 5.41) is 9.76. The smallest absolute Gasteiger partial charge is 0.350 e. The number of aliphatic hydroxyl groups excluding tert-OH is 1. The van der Waals surface area contributed by atoms with Crippen LogP contribution in [0.3, 0.4) is 0 Å². The van der Waals surface area contributed by atoms with E-state index in [4.69, 9.17) is 9.84 Å². The molecule has 1 aromatic rings. The molecule has 3 amide bonds. The number of benzene rings is 1. The topological polar surface area (TPSA) is 103 Å². The Morgan fingerprint density at radius 2 is 2.10 bits per heavy atom. The minimum absolute atomic E-state index is 0.0328. The van der Waals surface area contributed by atoms with Gasteiger partial charge in [0.1, 0.15) is 5.75 Å². The molecule has 0 saturated carbocycles. The molecular weight excluding hydrogens is 276 g/mol. The van der Waals surface area contributed by atoms with Gasteiger partial charge in [0.15, 0.2) is 0 Å². The van der Waals surface area contributed by atoms with Gasteiger partial charge in [-0.3, -0.25) is 15.6 Å². The molecule has 0 aliphatic heterocycles. The summed E-state index contributed by atoms with van der Waals surface area (Å²) in [5.41, 5.74) is 8.23. The van der Waals surface area contributed by atoms with Crippen LogP contribution in [0.2, 0.25) is 0 Å². The van der Waals surface area contributed by atoms with E-state index in [9.17, 15) is 9.59 Å². The maximum Gasteiger partial charge on any atom is 0.350 e. The Labute approximate surface area is 123 Å². The number of nitrogens with zero attached hydrogens (tertiary/aromatic N) is 1. The van der Waals surface area contributed by atoms with E-state index in [1.54, 1.807) is 31.4 Å². The van der Waals surface area contributed by atoms with Gasteiger partial charge in [0, 0.05) is 13.2 Å². The predicted molar refractivity (Wildman–Crippen MR) is 76.0 cm³/mol. The van der Waals surface area contributed by atoms with Crippen molar-refractivity contribution in [1.29, 1.82) is 0 Å². The SMILES string of the molecule is COc1ccc(CN(NC=O)C(=O)NNCCCO)cc1. The van der Waals surface area contributed by atoms with Crippen molar-refractivity contribution >= 4 is 12.4 Å². The zero-order valence-corrected chi connectivity index (χ0v) is 11.8. The largest absolute Gasteiger partial charge is 0.497 e. The molecule has 116 valence electrons. The van der Waals surface area contributed by atoms with Crippen LogP contribution in [0.5, 0.6) is 5.75 Å². The van der Waals surface area contributed by atoms with Crippen molar-refractivity contribution < 1.29 is 19.4 Å². The summed E-state index contributed by atoms with van der Waals surface area (Å²) < 4.78 is 5.05. The van der Waals surface area contributed by atoms with Crippen molar-refractivity contribution in [3.63, 3.8) is 0 Å². The zero-order valence-electron chi connectivity index (χ0n) is 11.8. The highest BCUT2D eigenvalue weighted by Gasteiger charge is 2.12. The van der Waals surface area contributed by atoms with Crippen LogP contribution in [0.4, 0.5) is 4.79 Å². The number of urea groups is 1. The number of aliphatic hydroxyl groups is 1. The molecule has 4 N–H and O–H groups in total. The van der Waals surface area contributed by atoms with Gasteiger partial charge in [-0.25, -0.2) is 15.2 Å². The van der Waals surface area contributed by atoms with Crippen LogP contribution in [0, 0.1) is 0 Å². The van der Waals surface area contributed by atoms with Crippen molar-refractivity contribution in [2.45, 2.75) is 13.0 Å². The summed E-state index contributed by atoms with van der Waals surface area (Å²) in [6.07, 6.45) is 0.941. The molecule has 0 aliphatic carbocycles. The fourth-order valence-electron chi connectivity index (χ4n) is 1.53. The Bertz CT molecular complexity index is 438. The third-order valence-corrected chi connectivity index (χ3v) is 2.61. The summed E-state index contributed by atoms with van der Waals surface area (Å²) in [4.78, 5) is 22.4. The Kier molecular flexibility index (Phi) is 7.62. The maximum absolute atomic E-state index is 11.9. The second-order valence-corrected chi connectivity index (χ2v) is 4.12.